The molecule has 1 aliphatic heterocycles. The Morgan fingerprint density at radius 2 is 1.87 bits per heavy atom. The highest BCUT2D eigenvalue weighted by Crippen LogP contribution is 2.29. The van der Waals surface area contributed by atoms with Crippen molar-refractivity contribution in [3.05, 3.63) is 45.5 Å². The van der Waals surface area contributed by atoms with Crippen LogP contribution < -0.4 is 5.63 Å². The minimum Gasteiger partial charge on any atom is -0.469 e. The summed E-state index contributed by atoms with van der Waals surface area (Å²) in [6.07, 6.45) is 3.44. The van der Waals surface area contributed by atoms with Gasteiger partial charge in [-0.3, -0.25) is 9.59 Å². The molecule has 3 aromatic rings. The van der Waals surface area contributed by atoms with Crippen LogP contribution in [0, 0.1) is 19.8 Å². The maximum absolute atomic E-state index is 12.7. The summed E-state index contributed by atoms with van der Waals surface area (Å²) in [5, 5.41) is 1.84. The molecule has 30 heavy (non-hydrogen) atoms. The number of hydrogen-bond acceptors (Lipinski definition) is 6. The molecule has 0 radical (unpaired) electrons. The number of ether oxygens (including phenoxy) is 1. The lowest BCUT2D eigenvalue weighted by molar-refractivity contribution is -0.148. The molecule has 0 spiro atoms. The summed E-state index contributed by atoms with van der Waals surface area (Å²) in [6, 6.07) is 3.72. The van der Waals surface area contributed by atoms with E-state index in [-0.39, 0.29) is 24.2 Å². The molecule has 0 N–H and O–H groups in total. The Kier molecular flexibility index (Phi) is 5.37. The molecule has 0 bridgehead atoms. The molecule has 7 heteroatoms. The topological polar surface area (TPSA) is 90.0 Å². The van der Waals surface area contributed by atoms with Crippen molar-refractivity contribution < 1.29 is 23.2 Å². The second kappa shape index (κ2) is 7.97. The predicted molar refractivity (Wildman–Crippen MR) is 111 cm³/mol. The first kappa shape index (κ1) is 20.2. The Morgan fingerprint density at radius 1 is 1.13 bits per heavy atom. The minimum absolute atomic E-state index is 0.0154. The normalized spacial score (nSPS) is 15.1. The van der Waals surface area contributed by atoms with Crippen LogP contribution in [0.15, 0.2) is 32.0 Å². The first-order chi connectivity index (χ1) is 14.4. The van der Waals surface area contributed by atoms with Gasteiger partial charge in [-0.05, 0) is 50.3 Å². The second-order valence-electron chi connectivity index (χ2n) is 7.93. The molecule has 0 aliphatic carbocycles. The van der Waals surface area contributed by atoms with Gasteiger partial charge in [0.2, 0.25) is 5.91 Å². The zero-order valence-electron chi connectivity index (χ0n) is 17.4. The zero-order chi connectivity index (χ0) is 21.4. The van der Waals surface area contributed by atoms with Gasteiger partial charge < -0.3 is 18.5 Å². The van der Waals surface area contributed by atoms with Gasteiger partial charge >= 0.3 is 11.6 Å². The van der Waals surface area contributed by atoms with E-state index < -0.39 is 5.63 Å². The highest BCUT2D eigenvalue weighted by molar-refractivity contribution is 5.96. The molecule has 1 amide bonds. The van der Waals surface area contributed by atoms with Gasteiger partial charge in [-0.2, -0.15) is 0 Å². The SMILES string of the molecule is COC(=O)C1CCN(C(=O)CCc2c(C)c3cc4c(C)coc4cc3oc2=O)CC1. The van der Waals surface area contributed by atoms with E-state index in [0.29, 0.717) is 49.1 Å². The fraction of sp³-hybridized carbons (Fsp3) is 0.435. The van der Waals surface area contributed by atoms with Crippen molar-refractivity contribution >= 4 is 33.8 Å². The fourth-order valence-electron chi connectivity index (χ4n) is 4.25. The molecular weight excluding hydrogens is 386 g/mol. The Morgan fingerprint density at radius 3 is 2.57 bits per heavy atom. The molecule has 1 fully saturated rings. The number of benzene rings is 1. The summed E-state index contributed by atoms with van der Waals surface area (Å²) >= 11 is 0. The van der Waals surface area contributed by atoms with Crippen LogP contribution in [-0.2, 0) is 20.7 Å². The minimum atomic E-state index is -0.417. The van der Waals surface area contributed by atoms with Crippen LogP contribution in [0.1, 0.15) is 36.0 Å². The third kappa shape index (κ3) is 3.60. The van der Waals surface area contributed by atoms with E-state index in [2.05, 4.69) is 0 Å². The van der Waals surface area contributed by atoms with Gasteiger partial charge in [0.1, 0.15) is 11.2 Å². The number of fused-ring (bicyclic) bond motifs is 2. The Hall–Kier alpha value is -3.09. The van der Waals surface area contributed by atoms with E-state index in [9.17, 15) is 14.4 Å². The molecule has 7 nitrogen and oxygen atoms in total. The first-order valence-corrected chi connectivity index (χ1v) is 10.2. The average Bonchev–Trinajstić information content (AvgIpc) is 3.11. The third-order valence-electron chi connectivity index (χ3n) is 6.15. The van der Waals surface area contributed by atoms with Crippen LogP contribution in [0.3, 0.4) is 0 Å². The number of aryl methyl sites for hydroxylation is 2. The number of piperidine rings is 1. The van der Waals surface area contributed by atoms with Crippen LogP contribution in [0.4, 0.5) is 0 Å². The average molecular weight is 411 g/mol. The van der Waals surface area contributed by atoms with Crippen LogP contribution >= 0.6 is 0 Å². The molecular formula is C23H25NO6. The van der Waals surface area contributed by atoms with Gasteiger partial charge in [0, 0.05) is 41.9 Å². The highest BCUT2D eigenvalue weighted by Gasteiger charge is 2.28. The number of likely N-dealkylation sites (tertiary alicyclic amines) is 1. The molecule has 0 atom stereocenters. The molecule has 2 aromatic heterocycles. The van der Waals surface area contributed by atoms with E-state index in [1.807, 2.05) is 19.9 Å². The molecule has 1 aromatic carbocycles. The van der Waals surface area contributed by atoms with E-state index in [1.54, 1.807) is 17.2 Å². The van der Waals surface area contributed by atoms with Gasteiger partial charge in [0.05, 0.1) is 19.3 Å². The van der Waals surface area contributed by atoms with Crippen molar-refractivity contribution in [3.8, 4) is 0 Å². The number of carbonyl (C=O) groups excluding carboxylic acids is 2. The molecule has 0 saturated carbocycles. The molecule has 4 rings (SSSR count). The lowest BCUT2D eigenvalue weighted by atomic mass is 9.96. The number of hydrogen-bond donors (Lipinski definition) is 0. The maximum atomic E-state index is 12.7. The van der Waals surface area contributed by atoms with Gasteiger partial charge in [-0.15, -0.1) is 0 Å². The standard InChI is InChI=1S/C23H25NO6/c1-13-12-29-19-11-20-18(10-17(13)19)14(2)16(23(27)30-20)4-5-21(25)24-8-6-15(7-9-24)22(26)28-3/h10-12,15H,4-9H2,1-3H3. The number of carbonyl (C=O) groups is 2. The van der Waals surface area contributed by atoms with Crippen molar-refractivity contribution in [2.45, 2.75) is 39.5 Å². The van der Waals surface area contributed by atoms with Crippen molar-refractivity contribution in [3.63, 3.8) is 0 Å². The summed E-state index contributed by atoms with van der Waals surface area (Å²) in [6.45, 7) is 4.92. The van der Waals surface area contributed by atoms with E-state index in [1.165, 1.54) is 7.11 Å². The predicted octanol–water partition coefficient (Wildman–Crippen LogP) is 3.50. The van der Waals surface area contributed by atoms with Crippen molar-refractivity contribution in [1.29, 1.82) is 0 Å². The van der Waals surface area contributed by atoms with Crippen LogP contribution in [-0.4, -0.2) is 37.0 Å². The highest BCUT2D eigenvalue weighted by atomic mass is 16.5. The van der Waals surface area contributed by atoms with E-state index in [4.69, 9.17) is 13.6 Å². The largest absolute Gasteiger partial charge is 0.469 e. The number of rotatable bonds is 4. The lowest BCUT2D eigenvalue weighted by Crippen LogP contribution is -2.40. The molecule has 158 valence electrons. The summed E-state index contributed by atoms with van der Waals surface area (Å²) < 4.78 is 15.8. The molecule has 1 saturated heterocycles. The first-order valence-electron chi connectivity index (χ1n) is 10.2. The van der Waals surface area contributed by atoms with Gasteiger partial charge in [-0.1, -0.05) is 0 Å². The number of methoxy groups -OCH3 is 1. The maximum Gasteiger partial charge on any atom is 0.339 e. The number of furan rings is 1. The Labute approximate surface area is 173 Å². The van der Waals surface area contributed by atoms with Crippen LogP contribution in [0.2, 0.25) is 0 Å². The van der Waals surface area contributed by atoms with E-state index >= 15 is 0 Å². The van der Waals surface area contributed by atoms with Gasteiger partial charge in [-0.25, -0.2) is 4.79 Å². The molecule has 0 unspecified atom stereocenters. The van der Waals surface area contributed by atoms with Crippen LogP contribution in [0.25, 0.3) is 21.9 Å². The summed E-state index contributed by atoms with van der Waals surface area (Å²) in [5.74, 6) is -0.371. The third-order valence-corrected chi connectivity index (χ3v) is 6.15. The molecule has 3 heterocycles. The van der Waals surface area contributed by atoms with Crippen molar-refractivity contribution in [2.75, 3.05) is 20.2 Å². The Bertz CT molecular complexity index is 1180. The zero-order valence-corrected chi connectivity index (χ0v) is 17.4. The van der Waals surface area contributed by atoms with E-state index in [0.717, 1.165) is 21.9 Å². The van der Waals surface area contributed by atoms with Gasteiger partial charge in [0.15, 0.2) is 0 Å². The Balaban J connectivity index is 1.50. The quantitative estimate of drug-likeness (QED) is 0.482. The number of nitrogens with zero attached hydrogens (tertiary/aromatic N) is 1. The summed E-state index contributed by atoms with van der Waals surface area (Å²) in [7, 11) is 1.39. The van der Waals surface area contributed by atoms with Crippen molar-refractivity contribution in [2.24, 2.45) is 5.92 Å². The fourth-order valence-corrected chi connectivity index (χ4v) is 4.25. The summed E-state index contributed by atoms with van der Waals surface area (Å²) in [5.41, 5.74) is 3.13. The number of esters is 1. The lowest BCUT2D eigenvalue weighted by Gasteiger charge is -2.30. The summed E-state index contributed by atoms with van der Waals surface area (Å²) in [4.78, 5) is 38.6. The number of amides is 1. The van der Waals surface area contributed by atoms with Gasteiger partial charge in [0.25, 0.3) is 0 Å². The second-order valence-corrected chi connectivity index (χ2v) is 7.93. The monoisotopic (exact) mass is 411 g/mol. The smallest absolute Gasteiger partial charge is 0.339 e. The molecule has 1 aliphatic rings. The van der Waals surface area contributed by atoms with Crippen LogP contribution in [0.5, 0.6) is 0 Å². The van der Waals surface area contributed by atoms with Crippen molar-refractivity contribution in [1.82, 2.24) is 4.90 Å².